The number of oxime groups is 1. The molecule has 94 valence electrons. The second kappa shape index (κ2) is 6.91. The van der Waals surface area contributed by atoms with E-state index in [0.717, 1.165) is 24.3 Å². The smallest absolute Gasteiger partial charge is 0.119 e. The van der Waals surface area contributed by atoms with Gasteiger partial charge in [-0.3, -0.25) is 0 Å². The molecule has 0 radical (unpaired) electrons. The Balaban J connectivity index is 2.49. The zero-order valence-electron chi connectivity index (χ0n) is 10.7. The minimum atomic E-state index is 0.587. The van der Waals surface area contributed by atoms with Crippen molar-refractivity contribution in [1.82, 2.24) is 4.90 Å². The fourth-order valence-electron chi connectivity index (χ4n) is 1.44. The predicted octanol–water partition coefficient (Wildman–Crippen LogP) is 2.22. The van der Waals surface area contributed by atoms with Crippen LogP contribution in [-0.2, 0) is 0 Å². The first kappa shape index (κ1) is 13.5. The zero-order valence-corrected chi connectivity index (χ0v) is 10.7. The Morgan fingerprint density at radius 1 is 1.41 bits per heavy atom. The van der Waals surface area contributed by atoms with Gasteiger partial charge in [-0.05, 0) is 39.6 Å². The molecule has 0 spiro atoms. The number of benzene rings is 1. The molecule has 0 unspecified atom stereocenters. The molecule has 0 atom stereocenters. The number of hydrogen-bond acceptors (Lipinski definition) is 4. The van der Waals surface area contributed by atoms with Crippen LogP contribution < -0.4 is 4.74 Å². The molecule has 0 aliphatic heterocycles. The molecule has 0 heterocycles. The lowest BCUT2D eigenvalue weighted by Gasteiger charge is -2.10. The summed E-state index contributed by atoms with van der Waals surface area (Å²) in [5, 5.41) is 11.9. The summed E-state index contributed by atoms with van der Waals surface area (Å²) in [5.74, 6) is 0.809. The summed E-state index contributed by atoms with van der Waals surface area (Å²) >= 11 is 0. The van der Waals surface area contributed by atoms with Gasteiger partial charge in [0.2, 0.25) is 0 Å². The van der Waals surface area contributed by atoms with Crippen LogP contribution in [0.1, 0.15) is 18.9 Å². The summed E-state index contributed by atoms with van der Waals surface area (Å²) < 4.78 is 5.63. The van der Waals surface area contributed by atoms with Crippen LogP contribution in [0.15, 0.2) is 29.4 Å². The van der Waals surface area contributed by atoms with E-state index in [9.17, 15) is 0 Å². The first-order valence-corrected chi connectivity index (χ1v) is 5.70. The molecule has 1 rings (SSSR count). The molecule has 0 saturated heterocycles. The summed E-state index contributed by atoms with van der Waals surface area (Å²) in [4.78, 5) is 2.13. The summed E-state index contributed by atoms with van der Waals surface area (Å²) in [6.07, 6.45) is 0.990. The van der Waals surface area contributed by atoms with Gasteiger partial charge in [0.05, 0.1) is 12.3 Å². The molecular formula is C13H20N2O2. The topological polar surface area (TPSA) is 45.1 Å². The van der Waals surface area contributed by atoms with Crippen molar-refractivity contribution in [3.05, 3.63) is 29.8 Å². The second-order valence-electron chi connectivity index (χ2n) is 4.22. The van der Waals surface area contributed by atoms with Crippen molar-refractivity contribution >= 4 is 5.71 Å². The Bertz CT molecular complexity index is 375. The molecule has 1 N–H and O–H groups in total. The molecule has 0 aliphatic rings. The third-order valence-electron chi connectivity index (χ3n) is 2.42. The van der Waals surface area contributed by atoms with Gasteiger partial charge in [-0.1, -0.05) is 17.3 Å². The van der Waals surface area contributed by atoms with Gasteiger partial charge in [0.1, 0.15) is 5.75 Å². The van der Waals surface area contributed by atoms with E-state index in [2.05, 4.69) is 10.1 Å². The molecule has 4 nitrogen and oxygen atoms in total. The maximum atomic E-state index is 8.70. The Hall–Kier alpha value is -1.55. The number of rotatable bonds is 6. The van der Waals surface area contributed by atoms with Gasteiger partial charge in [0.25, 0.3) is 0 Å². The quantitative estimate of drug-likeness (QED) is 0.356. The average molecular weight is 236 g/mol. The van der Waals surface area contributed by atoms with Gasteiger partial charge in [0.15, 0.2) is 0 Å². The van der Waals surface area contributed by atoms with Gasteiger partial charge in [-0.15, -0.1) is 0 Å². The van der Waals surface area contributed by atoms with Gasteiger partial charge in [-0.2, -0.15) is 0 Å². The standard InChI is InChI=1S/C13H20N2O2/c1-11(14-16)12-6-4-7-13(10-12)17-9-5-8-15(2)3/h4,6-7,10,16H,5,8-9H2,1-3H3/b14-11+. The summed E-state index contributed by atoms with van der Waals surface area (Å²) in [5.41, 5.74) is 1.46. The highest BCUT2D eigenvalue weighted by Gasteiger charge is 2.00. The number of nitrogens with zero attached hydrogens (tertiary/aromatic N) is 2. The van der Waals surface area contributed by atoms with Gasteiger partial charge < -0.3 is 14.8 Å². The Labute approximate surface area is 103 Å². The first-order chi connectivity index (χ1) is 8.13. The van der Waals surface area contributed by atoms with E-state index in [1.54, 1.807) is 6.92 Å². The van der Waals surface area contributed by atoms with Crippen LogP contribution in [0.3, 0.4) is 0 Å². The second-order valence-corrected chi connectivity index (χ2v) is 4.22. The van der Waals surface area contributed by atoms with Gasteiger partial charge in [-0.25, -0.2) is 0 Å². The minimum absolute atomic E-state index is 0.587. The fourth-order valence-corrected chi connectivity index (χ4v) is 1.44. The van der Waals surface area contributed by atoms with Crippen LogP contribution in [0.2, 0.25) is 0 Å². The van der Waals surface area contributed by atoms with Crippen molar-refractivity contribution in [3.63, 3.8) is 0 Å². The highest BCUT2D eigenvalue weighted by atomic mass is 16.5. The normalized spacial score (nSPS) is 11.9. The van der Waals surface area contributed by atoms with Crippen LogP contribution >= 0.6 is 0 Å². The number of ether oxygens (including phenoxy) is 1. The van der Waals surface area contributed by atoms with Gasteiger partial charge >= 0.3 is 0 Å². The van der Waals surface area contributed by atoms with Gasteiger partial charge in [0, 0.05) is 12.1 Å². The minimum Gasteiger partial charge on any atom is -0.494 e. The Kier molecular flexibility index (Phi) is 5.49. The lowest BCUT2D eigenvalue weighted by molar-refractivity contribution is 0.281. The number of hydrogen-bond donors (Lipinski definition) is 1. The summed E-state index contributed by atoms with van der Waals surface area (Å²) in [7, 11) is 4.09. The van der Waals surface area contributed by atoms with Crippen molar-refractivity contribution in [1.29, 1.82) is 0 Å². The van der Waals surface area contributed by atoms with Crippen LogP contribution in [0.5, 0.6) is 5.75 Å². The first-order valence-electron chi connectivity index (χ1n) is 5.70. The van der Waals surface area contributed by atoms with Crippen LogP contribution in [0.4, 0.5) is 0 Å². The molecule has 1 aromatic carbocycles. The largest absolute Gasteiger partial charge is 0.494 e. The molecule has 0 aromatic heterocycles. The van der Waals surface area contributed by atoms with E-state index in [4.69, 9.17) is 9.94 Å². The van der Waals surface area contributed by atoms with E-state index < -0.39 is 0 Å². The highest BCUT2D eigenvalue weighted by molar-refractivity contribution is 5.98. The predicted molar refractivity (Wildman–Crippen MR) is 69.1 cm³/mol. The maximum absolute atomic E-state index is 8.70. The lowest BCUT2D eigenvalue weighted by Crippen LogP contribution is -2.15. The van der Waals surface area contributed by atoms with E-state index in [1.807, 2.05) is 38.4 Å². The molecule has 0 bridgehead atoms. The van der Waals surface area contributed by atoms with Crippen molar-refractivity contribution in [3.8, 4) is 5.75 Å². The monoisotopic (exact) mass is 236 g/mol. The molecule has 0 amide bonds. The molecule has 17 heavy (non-hydrogen) atoms. The Morgan fingerprint density at radius 3 is 2.82 bits per heavy atom. The van der Waals surface area contributed by atoms with Crippen molar-refractivity contribution in [2.75, 3.05) is 27.2 Å². The van der Waals surface area contributed by atoms with E-state index in [1.165, 1.54) is 0 Å². The van der Waals surface area contributed by atoms with E-state index >= 15 is 0 Å². The van der Waals surface area contributed by atoms with Crippen molar-refractivity contribution in [2.45, 2.75) is 13.3 Å². The molecule has 4 heteroatoms. The molecule has 1 aromatic rings. The van der Waals surface area contributed by atoms with E-state index in [-0.39, 0.29) is 0 Å². The third-order valence-corrected chi connectivity index (χ3v) is 2.42. The fraction of sp³-hybridized carbons (Fsp3) is 0.462. The third kappa shape index (κ3) is 4.87. The molecule has 0 saturated carbocycles. The lowest BCUT2D eigenvalue weighted by atomic mass is 10.1. The summed E-state index contributed by atoms with van der Waals surface area (Å²) in [6, 6.07) is 7.57. The van der Waals surface area contributed by atoms with Crippen LogP contribution in [-0.4, -0.2) is 43.1 Å². The molecule has 0 aliphatic carbocycles. The Morgan fingerprint density at radius 2 is 2.18 bits per heavy atom. The van der Waals surface area contributed by atoms with Crippen LogP contribution in [0, 0.1) is 0 Å². The highest BCUT2D eigenvalue weighted by Crippen LogP contribution is 2.14. The zero-order chi connectivity index (χ0) is 12.7. The molecule has 0 fully saturated rings. The van der Waals surface area contributed by atoms with E-state index in [0.29, 0.717) is 12.3 Å². The van der Waals surface area contributed by atoms with Crippen LogP contribution in [0.25, 0.3) is 0 Å². The molecular weight excluding hydrogens is 216 g/mol. The summed E-state index contributed by atoms with van der Waals surface area (Å²) in [6.45, 7) is 3.46. The maximum Gasteiger partial charge on any atom is 0.119 e. The average Bonchev–Trinajstić information content (AvgIpc) is 2.34. The van der Waals surface area contributed by atoms with Crippen molar-refractivity contribution < 1.29 is 9.94 Å². The SMILES string of the molecule is C/C(=N\O)c1cccc(OCCCN(C)C)c1. The van der Waals surface area contributed by atoms with Crippen molar-refractivity contribution in [2.24, 2.45) is 5.16 Å².